The smallest absolute Gasteiger partial charge is 0.328 e. The highest BCUT2D eigenvalue weighted by Crippen LogP contribution is 2.17. The summed E-state index contributed by atoms with van der Waals surface area (Å²) < 4.78 is 4.82. The number of amides is 1. The van der Waals surface area contributed by atoms with E-state index in [0.29, 0.717) is 24.7 Å². The number of hydrogen-bond donors (Lipinski definition) is 1. The van der Waals surface area contributed by atoms with Crippen LogP contribution < -0.4 is 5.73 Å². The molecule has 0 saturated carbocycles. The number of unbranched alkanes of at least 4 members (excludes halogenated alkanes) is 1. The molecule has 0 heterocycles. The van der Waals surface area contributed by atoms with Gasteiger partial charge in [-0.3, -0.25) is 4.79 Å². The molecule has 1 amide bonds. The maximum Gasteiger partial charge on any atom is 0.328 e. The molecule has 0 unspecified atom stereocenters. The Kier molecular flexibility index (Phi) is 10.1. The highest BCUT2D eigenvalue weighted by Gasteiger charge is 2.31. The number of carbonyl (C=O) groups excluding carboxylic acids is 2. The van der Waals surface area contributed by atoms with Crippen molar-refractivity contribution >= 4 is 11.9 Å². The van der Waals surface area contributed by atoms with Crippen LogP contribution in [0, 0.1) is 11.8 Å². The Morgan fingerprint density at radius 2 is 1.77 bits per heavy atom. The summed E-state index contributed by atoms with van der Waals surface area (Å²) in [5, 5.41) is 0. The molecule has 5 heteroatoms. The molecule has 0 aromatic carbocycles. The van der Waals surface area contributed by atoms with E-state index < -0.39 is 12.1 Å². The molecule has 5 nitrogen and oxygen atoms in total. The van der Waals surface area contributed by atoms with Crippen molar-refractivity contribution in [2.45, 2.75) is 71.9 Å². The van der Waals surface area contributed by atoms with Crippen LogP contribution in [0.2, 0.25) is 0 Å². The fourth-order valence-electron chi connectivity index (χ4n) is 2.61. The zero-order valence-electron chi connectivity index (χ0n) is 15.1. The Balaban J connectivity index is 4.72. The highest BCUT2D eigenvalue weighted by atomic mass is 16.5. The lowest BCUT2D eigenvalue weighted by Gasteiger charge is -2.30. The second kappa shape index (κ2) is 10.6. The van der Waals surface area contributed by atoms with E-state index in [9.17, 15) is 9.59 Å². The lowest BCUT2D eigenvalue weighted by molar-refractivity contribution is -0.153. The number of hydrogen-bond acceptors (Lipinski definition) is 4. The minimum Gasteiger partial charge on any atom is -0.467 e. The molecule has 22 heavy (non-hydrogen) atoms. The van der Waals surface area contributed by atoms with Crippen molar-refractivity contribution in [3.8, 4) is 0 Å². The van der Waals surface area contributed by atoms with Crippen LogP contribution in [-0.2, 0) is 14.3 Å². The monoisotopic (exact) mass is 314 g/mol. The number of nitrogens with zero attached hydrogens (tertiary/aromatic N) is 1. The SMILES string of the molecule is CCCC[C@@H](C)C[C@H](N)C(=O)N(C)[C@@H](CC(C)C)C(=O)OC. The molecule has 0 saturated heterocycles. The second-order valence-corrected chi connectivity index (χ2v) is 6.71. The number of carbonyl (C=O) groups is 2. The molecule has 0 aliphatic carbocycles. The van der Waals surface area contributed by atoms with Crippen LogP contribution in [0.3, 0.4) is 0 Å². The third kappa shape index (κ3) is 7.25. The van der Waals surface area contributed by atoms with Gasteiger partial charge in [0.15, 0.2) is 0 Å². The fraction of sp³-hybridized carbons (Fsp3) is 0.882. The van der Waals surface area contributed by atoms with Gasteiger partial charge < -0.3 is 15.4 Å². The summed E-state index contributed by atoms with van der Waals surface area (Å²) in [6.07, 6.45) is 4.60. The number of likely N-dealkylation sites (N-methyl/N-ethyl adjacent to an activating group) is 1. The second-order valence-electron chi connectivity index (χ2n) is 6.71. The molecule has 0 aliphatic heterocycles. The zero-order valence-corrected chi connectivity index (χ0v) is 15.1. The summed E-state index contributed by atoms with van der Waals surface area (Å²) in [6, 6.07) is -1.12. The van der Waals surface area contributed by atoms with E-state index in [-0.39, 0.29) is 11.9 Å². The molecule has 3 atom stereocenters. The van der Waals surface area contributed by atoms with Gasteiger partial charge >= 0.3 is 5.97 Å². The molecule has 0 aromatic rings. The molecule has 0 radical (unpaired) electrons. The molecule has 0 aromatic heterocycles. The van der Waals surface area contributed by atoms with Crippen LogP contribution in [0.25, 0.3) is 0 Å². The number of nitrogens with two attached hydrogens (primary N) is 1. The van der Waals surface area contributed by atoms with E-state index in [4.69, 9.17) is 10.5 Å². The van der Waals surface area contributed by atoms with Gasteiger partial charge in [-0.25, -0.2) is 4.79 Å². The van der Waals surface area contributed by atoms with Crippen molar-refractivity contribution in [2.24, 2.45) is 17.6 Å². The Morgan fingerprint density at radius 3 is 2.23 bits per heavy atom. The summed E-state index contributed by atoms with van der Waals surface area (Å²) in [6.45, 7) is 8.30. The predicted octanol–water partition coefficient (Wildman–Crippen LogP) is 2.58. The van der Waals surface area contributed by atoms with Crippen molar-refractivity contribution in [2.75, 3.05) is 14.2 Å². The lowest BCUT2D eigenvalue weighted by Crippen LogP contribution is -2.50. The van der Waals surface area contributed by atoms with Crippen molar-refractivity contribution in [3.63, 3.8) is 0 Å². The largest absolute Gasteiger partial charge is 0.467 e. The fourth-order valence-corrected chi connectivity index (χ4v) is 2.61. The molecule has 0 bridgehead atoms. The molecule has 130 valence electrons. The summed E-state index contributed by atoms with van der Waals surface area (Å²) in [5.74, 6) is 0.142. The van der Waals surface area contributed by atoms with E-state index in [2.05, 4.69) is 13.8 Å². The summed E-state index contributed by atoms with van der Waals surface area (Å²) in [5.41, 5.74) is 6.06. The normalized spacial score (nSPS) is 15.3. The lowest BCUT2D eigenvalue weighted by atomic mass is 9.95. The summed E-state index contributed by atoms with van der Waals surface area (Å²) >= 11 is 0. The van der Waals surface area contributed by atoms with Crippen LogP contribution in [0.1, 0.15) is 59.8 Å². The number of rotatable bonds is 10. The Morgan fingerprint density at radius 1 is 1.18 bits per heavy atom. The van der Waals surface area contributed by atoms with E-state index in [0.717, 1.165) is 19.3 Å². The van der Waals surface area contributed by atoms with Crippen molar-refractivity contribution in [3.05, 3.63) is 0 Å². The summed E-state index contributed by atoms with van der Waals surface area (Å²) in [7, 11) is 2.99. The highest BCUT2D eigenvalue weighted by molar-refractivity contribution is 5.87. The van der Waals surface area contributed by atoms with Crippen LogP contribution in [-0.4, -0.2) is 43.0 Å². The van der Waals surface area contributed by atoms with Gasteiger partial charge in [0.05, 0.1) is 13.2 Å². The molecular formula is C17H34N2O3. The standard InChI is InChI=1S/C17H34N2O3/c1-7-8-9-13(4)11-14(18)16(20)19(5)15(10-12(2)3)17(21)22-6/h12-15H,7-11,18H2,1-6H3/t13-,14+,15+/m1/s1. The van der Waals surface area contributed by atoms with Gasteiger partial charge in [-0.05, 0) is 24.7 Å². The summed E-state index contributed by atoms with van der Waals surface area (Å²) in [4.78, 5) is 25.9. The van der Waals surface area contributed by atoms with E-state index >= 15 is 0 Å². The number of methoxy groups -OCH3 is 1. The molecule has 0 rings (SSSR count). The minimum absolute atomic E-state index is 0.181. The number of ether oxygens (including phenoxy) is 1. The van der Waals surface area contributed by atoms with E-state index in [1.165, 1.54) is 12.0 Å². The third-order valence-corrected chi connectivity index (χ3v) is 4.01. The van der Waals surface area contributed by atoms with Crippen LogP contribution in [0.4, 0.5) is 0 Å². The van der Waals surface area contributed by atoms with Gasteiger partial charge in [0.2, 0.25) is 5.91 Å². The van der Waals surface area contributed by atoms with Gasteiger partial charge in [0.1, 0.15) is 6.04 Å². The van der Waals surface area contributed by atoms with E-state index in [1.807, 2.05) is 13.8 Å². The third-order valence-electron chi connectivity index (χ3n) is 4.01. The van der Waals surface area contributed by atoms with Crippen molar-refractivity contribution in [1.29, 1.82) is 0 Å². The van der Waals surface area contributed by atoms with Gasteiger partial charge in [-0.15, -0.1) is 0 Å². The molecule has 0 aliphatic rings. The molecular weight excluding hydrogens is 280 g/mol. The van der Waals surface area contributed by atoms with Crippen LogP contribution in [0.15, 0.2) is 0 Å². The Labute approximate surface area is 135 Å². The predicted molar refractivity (Wildman–Crippen MR) is 89.3 cm³/mol. The van der Waals surface area contributed by atoms with Crippen molar-refractivity contribution in [1.82, 2.24) is 4.90 Å². The molecule has 0 fully saturated rings. The number of esters is 1. The van der Waals surface area contributed by atoms with Gasteiger partial charge in [-0.2, -0.15) is 0 Å². The first-order chi connectivity index (χ1) is 10.2. The van der Waals surface area contributed by atoms with Crippen LogP contribution >= 0.6 is 0 Å². The van der Waals surface area contributed by atoms with Gasteiger partial charge in [-0.1, -0.05) is 47.0 Å². The topological polar surface area (TPSA) is 72.6 Å². The van der Waals surface area contributed by atoms with E-state index in [1.54, 1.807) is 7.05 Å². The first-order valence-electron chi connectivity index (χ1n) is 8.34. The first-order valence-corrected chi connectivity index (χ1v) is 8.34. The Bertz CT molecular complexity index is 345. The maximum absolute atomic E-state index is 12.5. The van der Waals surface area contributed by atoms with Gasteiger partial charge in [0.25, 0.3) is 0 Å². The quantitative estimate of drug-likeness (QED) is 0.629. The average molecular weight is 314 g/mol. The minimum atomic E-state index is -0.561. The maximum atomic E-state index is 12.5. The molecule has 0 spiro atoms. The van der Waals surface area contributed by atoms with Crippen molar-refractivity contribution < 1.29 is 14.3 Å². The Hall–Kier alpha value is -1.10. The zero-order chi connectivity index (χ0) is 17.3. The van der Waals surface area contributed by atoms with Gasteiger partial charge in [0, 0.05) is 7.05 Å². The molecule has 2 N–H and O–H groups in total. The first kappa shape index (κ1) is 20.9. The van der Waals surface area contributed by atoms with Crippen LogP contribution in [0.5, 0.6) is 0 Å². The average Bonchev–Trinajstić information content (AvgIpc) is 2.47.